The highest BCUT2D eigenvalue weighted by Gasteiger charge is 2.19. The molecule has 1 heterocycles. The molecule has 1 fully saturated rings. The van der Waals surface area contributed by atoms with E-state index >= 15 is 0 Å². The van der Waals surface area contributed by atoms with Crippen LogP contribution < -0.4 is 15.4 Å². The average molecular weight is 444 g/mol. The maximum absolute atomic E-state index is 12.4. The lowest BCUT2D eigenvalue weighted by Gasteiger charge is -2.15. The van der Waals surface area contributed by atoms with Crippen molar-refractivity contribution in [2.24, 2.45) is 0 Å². The molecule has 6 nitrogen and oxygen atoms in total. The van der Waals surface area contributed by atoms with E-state index in [0.717, 1.165) is 43.8 Å². The van der Waals surface area contributed by atoms with E-state index < -0.39 is 0 Å². The van der Waals surface area contributed by atoms with Crippen molar-refractivity contribution in [1.82, 2.24) is 4.90 Å². The number of carbonyl (C=O) groups excluding carboxylic acids is 2. The Bertz CT molecular complexity index is 1060. The maximum atomic E-state index is 12.4. The number of nitrogens with one attached hydrogen (secondary N) is 2. The van der Waals surface area contributed by atoms with Crippen molar-refractivity contribution in [3.63, 3.8) is 0 Å². The lowest BCUT2D eigenvalue weighted by molar-refractivity contribution is -0.114. The second-order valence-corrected chi connectivity index (χ2v) is 8.09. The van der Waals surface area contributed by atoms with Gasteiger partial charge in [-0.15, -0.1) is 0 Å². The summed E-state index contributed by atoms with van der Waals surface area (Å²) in [4.78, 5) is 26.7. The predicted molar refractivity (Wildman–Crippen MR) is 131 cm³/mol. The number of nitrogens with zero attached hydrogens (tertiary/aromatic N) is 1. The van der Waals surface area contributed by atoms with Crippen molar-refractivity contribution in [2.75, 3.05) is 36.9 Å². The Kier molecular flexibility index (Phi) is 7.59. The van der Waals surface area contributed by atoms with Crippen LogP contribution in [-0.2, 0) is 11.2 Å². The molecular formula is C27H29N3O3. The zero-order valence-electron chi connectivity index (χ0n) is 18.6. The summed E-state index contributed by atoms with van der Waals surface area (Å²) in [6.45, 7) is 2.36. The molecule has 0 aromatic heterocycles. The zero-order valence-corrected chi connectivity index (χ0v) is 18.6. The van der Waals surface area contributed by atoms with Crippen molar-refractivity contribution < 1.29 is 14.3 Å². The standard InChI is InChI=1S/C27H29N3O3/c31-26(20-28-23-13-11-22(12-14-23)27(32)30-16-4-5-17-30)29-24-9-6-10-25(19-24)33-18-15-21-7-2-1-3-8-21/h1-3,6-14,19,28H,4-5,15-18,20H2,(H,29,31). The van der Waals surface area contributed by atoms with Crippen LogP contribution in [-0.4, -0.2) is 43.0 Å². The number of amides is 2. The topological polar surface area (TPSA) is 70.7 Å². The summed E-state index contributed by atoms with van der Waals surface area (Å²) in [6, 6.07) is 24.8. The Morgan fingerprint density at radius 2 is 1.61 bits per heavy atom. The number of ether oxygens (including phenoxy) is 1. The van der Waals surface area contributed by atoms with Crippen LogP contribution in [0.3, 0.4) is 0 Å². The highest BCUT2D eigenvalue weighted by Crippen LogP contribution is 2.18. The number of carbonyl (C=O) groups is 2. The van der Waals surface area contributed by atoms with Crippen LogP contribution in [0.25, 0.3) is 0 Å². The van der Waals surface area contributed by atoms with Gasteiger partial charge in [-0.05, 0) is 54.8 Å². The van der Waals surface area contributed by atoms with Crippen LogP contribution in [0.5, 0.6) is 5.75 Å². The zero-order chi connectivity index (χ0) is 22.9. The molecule has 4 rings (SSSR count). The molecule has 1 aliphatic heterocycles. The molecule has 6 heteroatoms. The minimum Gasteiger partial charge on any atom is -0.493 e. The van der Waals surface area contributed by atoms with Crippen molar-refractivity contribution >= 4 is 23.2 Å². The molecule has 170 valence electrons. The predicted octanol–water partition coefficient (Wildman–Crippen LogP) is 4.59. The molecule has 2 amide bonds. The summed E-state index contributed by atoms with van der Waals surface area (Å²) in [5.41, 5.74) is 3.38. The van der Waals surface area contributed by atoms with Crippen LogP contribution in [0.1, 0.15) is 28.8 Å². The van der Waals surface area contributed by atoms with E-state index in [0.29, 0.717) is 17.9 Å². The Balaban J connectivity index is 1.22. The van der Waals surface area contributed by atoms with Gasteiger partial charge in [0.25, 0.3) is 5.91 Å². The Hall–Kier alpha value is -3.80. The van der Waals surface area contributed by atoms with E-state index in [1.54, 1.807) is 12.1 Å². The molecule has 3 aromatic carbocycles. The first-order valence-corrected chi connectivity index (χ1v) is 11.4. The molecule has 1 saturated heterocycles. The number of anilines is 2. The van der Waals surface area contributed by atoms with Crippen molar-refractivity contribution in [2.45, 2.75) is 19.3 Å². The van der Waals surface area contributed by atoms with Crippen LogP contribution in [0.4, 0.5) is 11.4 Å². The van der Waals surface area contributed by atoms with Gasteiger partial charge >= 0.3 is 0 Å². The van der Waals surface area contributed by atoms with Crippen molar-refractivity contribution in [3.05, 3.63) is 90.0 Å². The van der Waals surface area contributed by atoms with Crippen LogP contribution in [0, 0.1) is 0 Å². The van der Waals surface area contributed by atoms with E-state index in [4.69, 9.17) is 4.74 Å². The summed E-state index contributed by atoms with van der Waals surface area (Å²) >= 11 is 0. The normalized spacial score (nSPS) is 12.9. The van der Waals surface area contributed by atoms with Crippen molar-refractivity contribution in [1.29, 1.82) is 0 Å². The molecule has 1 aliphatic rings. The highest BCUT2D eigenvalue weighted by molar-refractivity contribution is 5.95. The third-order valence-corrected chi connectivity index (χ3v) is 5.60. The molecular weight excluding hydrogens is 414 g/mol. The third kappa shape index (κ3) is 6.59. The quantitative estimate of drug-likeness (QED) is 0.507. The van der Waals surface area contributed by atoms with E-state index in [1.165, 1.54) is 5.56 Å². The number of hydrogen-bond acceptors (Lipinski definition) is 4. The molecule has 0 spiro atoms. The van der Waals surface area contributed by atoms with Crippen molar-refractivity contribution in [3.8, 4) is 5.75 Å². The second-order valence-electron chi connectivity index (χ2n) is 8.09. The first-order chi connectivity index (χ1) is 16.2. The number of benzene rings is 3. The number of rotatable bonds is 9. The van der Waals surface area contributed by atoms with Gasteiger partial charge in [-0.2, -0.15) is 0 Å². The molecule has 0 saturated carbocycles. The van der Waals surface area contributed by atoms with Gasteiger partial charge in [0.1, 0.15) is 5.75 Å². The minimum absolute atomic E-state index is 0.0719. The molecule has 0 unspecified atom stereocenters. The largest absolute Gasteiger partial charge is 0.493 e. The minimum atomic E-state index is -0.159. The molecule has 2 N–H and O–H groups in total. The van der Waals surface area contributed by atoms with Crippen LogP contribution in [0.15, 0.2) is 78.9 Å². The summed E-state index contributed by atoms with van der Waals surface area (Å²) in [5.74, 6) is 0.631. The fourth-order valence-corrected chi connectivity index (χ4v) is 3.82. The van der Waals surface area contributed by atoms with Gasteiger partial charge in [-0.1, -0.05) is 36.4 Å². The third-order valence-electron chi connectivity index (χ3n) is 5.60. The molecule has 0 atom stereocenters. The lowest BCUT2D eigenvalue weighted by Crippen LogP contribution is -2.27. The van der Waals surface area contributed by atoms with Gasteiger partial charge in [0, 0.05) is 42.5 Å². The summed E-state index contributed by atoms with van der Waals surface area (Å²) < 4.78 is 5.83. The Labute approximate surface area is 194 Å². The Morgan fingerprint density at radius 3 is 2.36 bits per heavy atom. The van der Waals surface area contributed by atoms with Crippen LogP contribution in [0.2, 0.25) is 0 Å². The summed E-state index contributed by atoms with van der Waals surface area (Å²) in [6.07, 6.45) is 2.97. The van der Waals surface area contributed by atoms with Gasteiger partial charge in [0.2, 0.25) is 5.91 Å². The number of hydrogen-bond donors (Lipinski definition) is 2. The van der Waals surface area contributed by atoms with Gasteiger partial charge in [0.15, 0.2) is 0 Å². The smallest absolute Gasteiger partial charge is 0.253 e. The monoisotopic (exact) mass is 443 g/mol. The molecule has 3 aromatic rings. The van der Waals surface area contributed by atoms with Gasteiger partial charge in [-0.25, -0.2) is 0 Å². The first kappa shape index (κ1) is 22.4. The highest BCUT2D eigenvalue weighted by atomic mass is 16.5. The Morgan fingerprint density at radius 1 is 0.848 bits per heavy atom. The summed E-state index contributed by atoms with van der Waals surface area (Å²) in [5, 5.41) is 5.98. The van der Waals surface area contributed by atoms with E-state index in [2.05, 4.69) is 22.8 Å². The first-order valence-electron chi connectivity index (χ1n) is 11.4. The molecule has 33 heavy (non-hydrogen) atoms. The van der Waals surface area contributed by atoms with E-state index in [-0.39, 0.29) is 18.4 Å². The average Bonchev–Trinajstić information content (AvgIpc) is 3.39. The fourth-order valence-electron chi connectivity index (χ4n) is 3.82. The maximum Gasteiger partial charge on any atom is 0.253 e. The van der Waals surface area contributed by atoms with Gasteiger partial charge in [-0.3, -0.25) is 9.59 Å². The second kappa shape index (κ2) is 11.2. The molecule has 0 aliphatic carbocycles. The van der Waals surface area contributed by atoms with E-state index in [1.807, 2.05) is 59.5 Å². The van der Waals surface area contributed by atoms with Gasteiger partial charge < -0.3 is 20.3 Å². The fraction of sp³-hybridized carbons (Fsp3) is 0.259. The number of likely N-dealkylation sites (tertiary alicyclic amines) is 1. The summed E-state index contributed by atoms with van der Waals surface area (Å²) in [7, 11) is 0. The lowest BCUT2D eigenvalue weighted by atomic mass is 10.2. The van der Waals surface area contributed by atoms with Crippen LogP contribution >= 0.6 is 0 Å². The molecule has 0 bridgehead atoms. The van der Waals surface area contributed by atoms with Gasteiger partial charge in [0.05, 0.1) is 13.2 Å². The van der Waals surface area contributed by atoms with E-state index in [9.17, 15) is 9.59 Å². The SMILES string of the molecule is O=C(CNc1ccc(C(=O)N2CCCC2)cc1)Nc1cccc(OCCc2ccccc2)c1. The molecule has 0 radical (unpaired) electrons.